The van der Waals surface area contributed by atoms with E-state index < -0.39 is 42.7 Å². The Morgan fingerprint density at radius 2 is 2.05 bits per heavy atom. The van der Waals surface area contributed by atoms with Gasteiger partial charge in [0.25, 0.3) is 11.5 Å². The zero-order chi connectivity index (χ0) is 14.6. The highest BCUT2D eigenvalue weighted by Crippen LogP contribution is 2.08. The molecule has 1 rings (SSSR count). The van der Waals surface area contributed by atoms with Gasteiger partial charge in [-0.05, 0) is 0 Å². The minimum atomic E-state index is -3.19. The Kier molecular flexibility index (Phi) is 6.53. The van der Waals surface area contributed by atoms with Crippen LogP contribution in [0.4, 0.5) is 8.78 Å². The number of rotatable bonds is 5. The monoisotopic (exact) mass is 312 g/mol. The second-order valence-electron chi connectivity index (χ2n) is 3.96. The number of nitrogens with two attached hydrogens (primary N) is 1. The maximum Gasteiger partial charge on any atom is 0.331 e. The molecule has 114 valence electrons. The van der Waals surface area contributed by atoms with Gasteiger partial charge >= 0.3 is 5.69 Å². The van der Waals surface area contributed by atoms with E-state index in [-0.39, 0.29) is 12.4 Å². The largest absolute Gasteiger partial charge is 0.348 e. The van der Waals surface area contributed by atoms with Crippen molar-refractivity contribution in [2.24, 2.45) is 12.8 Å². The second-order valence-corrected chi connectivity index (χ2v) is 3.96. The van der Waals surface area contributed by atoms with Crippen molar-refractivity contribution in [1.82, 2.24) is 14.5 Å². The Labute approximate surface area is 118 Å². The van der Waals surface area contributed by atoms with Gasteiger partial charge in [-0.15, -0.1) is 12.4 Å². The molecule has 1 amide bonds. The van der Waals surface area contributed by atoms with Crippen molar-refractivity contribution in [2.45, 2.75) is 12.5 Å². The Bertz CT molecular complexity index is 585. The van der Waals surface area contributed by atoms with Crippen LogP contribution in [0, 0.1) is 0 Å². The minimum Gasteiger partial charge on any atom is -0.348 e. The van der Waals surface area contributed by atoms with Gasteiger partial charge < -0.3 is 11.1 Å². The van der Waals surface area contributed by atoms with Crippen LogP contribution in [-0.2, 0) is 18.4 Å². The van der Waals surface area contributed by atoms with Gasteiger partial charge in [0.2, 0.25) is 5.91 Å². The van der Waals surface area contributed by atoms with E-state index in [0.717, 1.165) is 21.4 Å². The fraction of sp³-hybridized carbons (Fsp3) is 0.500. The van der Waals surface area contributed by atoms with Crippen molar-refractivity contribution >= 4 is 18.3 Å². The van der Waals surface area contributed by atoms with Gasteiger partial charge in [-0.2, -0.15) is 0 Å². The molecule has 3 N–H and O–H groups in total. The molecule has 10 heteroatoms. The number of nitrogens with zero attached hydrogens (tertiary/aromatic N) is 2. The minimum absolute atomic E-state index is 0. The Hall–Kier alpha value is -1.74. The highest BCUT2D eigenvalue weighted by Gasteiger charge is 2.27. The number of alkyl halides is 2. The lowest BCUT2D eigenvalue weighted by Gasteiger charge is -2.14. The first-order valence-electron chi connectivity index (χ1n) is 5.38. The number of hydrogen-bond acceptors (Lipinski definition) is 4. The average Bonchev–Trinajstić information content (AvgIpc) is 2.37. The van der Waals surface area contributed by atoms with Crippen LogP contribution in [0.5, 0.6) is 0 Å². The molecular formula is C10H15ClF2N4O3. The van der Waals surface area contributed by atoms with Crippen LogP contribution < -0.4 is 22.3 Å². The van der Waals surface area contributed by atoms with Crippen LogP contribution in [0.15, 0.2) is 21.9 Å². The van der Waals surface area contributed by atoms with E-state index in [1.165, 1.54) is 7.05 Å². The lowest BCUT2D eigenvalue weighted by atomic mass is 10.3. The Morgan fingerprint density at radius 1 is 1.45 bits per heavy atom. The molecule has 1 aromatic heterocycles. The highest BCUT2D eigenvalue weighted by molar-refractivity contribution is 5.85. The molecule has 1 heterocycles. The number of carbonyl (C=O) groups excluding carboxylic acids is 1. The van der Waals surface area contributed by atoms with Gasteiger partial charge in [0.1, 0.15) is 6.54 Å². The van der Waals surface area contributed by atoms with E-state index in [9.17, 15) is 23.2 Å². The molecule has 0 fully saturated rings. The number of hydrogen-bond donors (Lipinski definition) is 2. The summed E-state index contributed by atoms with van der Waals surface area (Å²) in [5, 5.41) is 1.97. The SMILES string of the molecule is Cl.Cn1c(=O)ccn(CC(=O)NCC(F)(F)CN)c1=O. The highest BCUT2D eigenvalue weighted by atomic mass is 35.5. The van der Waals surface area contributed by atoms with Crippen molar-refractivity contribution < 1.29 is 13.6 Å². The van der Waals surface area contributed by atoms with Gasteiger partial charge in [-0.25, -0.2) is 13.6 Å². The normalized spacial score (nSPS) is 10.8. The number of carbonyl (C=O) groups is 1. The summed E-state index contributed by atoms with van der Waals surface area (Å²) in [7, 11) is 1.25. The lowest BCUT2D eigenvalue weighted by molar-refractivity contribution is -0.123. The maximum atomic E-state index is 12.8. The van der Waals surface area contributed by atoms with E-state index >= 15 is 0 Å². The van der Waals surface area contributed by atoms with Crippen LogP contribution >= 0.6 is 12.4 Å². The lowest BCUT2D eigenvalue weighted by Crippen LogP contribution is -2.44. The zero-order valence-electron chi connectivity index (χ0n) is 10.6. The first-order chi connectivity index (χ1) is 8.76. The summed E-state index contributed by atoms with van der Waals surface area (Å²) in [6.07, 6.45) is 1.13. The summed E-state index contributed by atoms with van der Waals surface area (Å²) in [5.41, 5.74) is 3.59. The predicted molar refractivity (Wildman–Crippen MR) is 70.2 cm³/mol. The van der Waals surface area contributed by atoms with Crippen molar-refractivity contribution in [3.8, 4) is 0 Å². The summed E-state index contributed by atoms with van der Waals surface area (Å²) in [5.74, 6) is -3.96. The molecule has 1 aromatic rings. The van der Waals surface area contributed by atoms with Crippen LogP contribution in [0.2, 0.25) is 0 Å². The third-order valence-electron chi connectivity index (χ3n) is 2.42. The fourth-order valence-electron chi connectivity index (χ4n) is 1.25. The van der Waals surface area contributed by atoms with Crippen molar-refractivity contribution in [2.75, 3.05) is 13.1 Å². The summed E-state index contributed by atoms with van der Waals surface area (Å²) >= 11 is 0. The molecule has 7 nitrogen and oxygen atoms in total. The molecular weight excluding hydrogens is 298 g/mol. The first kappa shape index (κ1) is 18.3. The second kappa shape index (κ2) is 7.15. The summed E-state index contributed by atoms with van der Waals surface area (Å²) in [6, 6.07) is 1.10. The first-order valence-corrected chi connectivity index (χ1v) is 5.38. The van der Waals surface area contributed by atoms with Crippen LogP contribution in [0.1, 0.15) is 0 Å². The fourth-order valence-corrected chi connectivity index (χ4v) is 1.25. The molecule has 0 atom stereocenters. The van der Waals surface area contributed by atoms with Crippen molar-refractivity contribution in [1.29, 1.82) is 0 Å². The molecule has 0 aliphatic rings. The van der Waals surface area contributed by atoms with Crippen molar-refractivity contribution in [3.63, 3.8) is 0 Å². The molecule has 0 unspecified atom stereocenters. The Morgan fingerprint density at radius 3 is 2.60 bits per heavy atom. The maximum absolute atomic E-state index is 12.8. The van der Waals surface area contributed by atoms with Crippen LogP contribution in [-0.4, -0.2) is 34.1 Å². The molecule has 0 aliphatic carbocycles. The summed E-state index contributed by atoms with van der Waals surface area (Å²) in [4.78, 5) is 34.1. The molecule has 0 aromatic carbocycles. The van der Waals surface area contributed by atoms with Crippen molar-refractivity contribution in [3.05, 3.63) is 33.1 Å². The molecule has 0 saturated heterocycles. The van der Waals surface area contributed by atoms with E-state index in [2.05, 4.69) is 0 Å². The van der Waals surface area contributed by atoms with E-state index in [1.807, 2.05) is 5.32 Å². The van der Waals surface area contributed by atoms with E-state index in [1.54, 1.807) is 0 Å². The zero-order valence-corrected chi connectivity index (χ0v) is 11.5. The Balaban J connectivity index is 0.00000361. The summed E-state index contributed by atoms with van der Waals surface area (Å²) in [6.45, 7) is -2.23. The number of nitrogens with one attached hydrogen (secondary N) is 1. The molecule has 0 saturated carbocycles. The third-order valence-corrected chi connectivity index (χ3v) is 2.42. The van der Waals surface area contributed by atoms with Gasteiger partial charge in [-0.3, -0.25) is 18.7 Å². The van der Waals surface area contributed by atoms with Gasteiger partial charge in [0.05, 0.1) is 13.1 Å². The quantitative estimate of drug-likeness (QED) is 0.704. The predicted octanol–water partition coefficient (Wildman–Crippen LogP) is -1.32. The van der Waals surface area contributed by atoms with Gasteiger partial charge in [0, 0.05) is 19.3 Å². The van der Waals surface area contributed by atoms with E-state index in [4.69, 9.17) is 5.73 Å². The summed E-state index contributed by atoms with van der Waals surface area (Å²) < 4.78 is 27.3. The number of halogens is 3. The molecule has 0 aliphatic heterocycles. The molecule has 0 spiro atoms. The van der Waals surface area contributed by atoms with Gasteiger partial charge in [0.15, 0.2) is 0 Å². The van der Waals surface area contributed by atoms with E-state index in [0.29, 0.717) is 0 Å². The standard InChI is InChI=1S/C10H14F2N4O3.ClH/c1-15-8(18)2-3-16(9(15)19)4-7(17)14-6-10(11,12)5-13;/h2-3H,4-6,13H2,1H3,(H,14,17);1H. The average molecular weight is 313 g/mol. The molecule has 0 bridgehead atoms. The third kappa shape index (κ3) is 4.74. The molecule has 20 heavy (non-hydrogen) atoms. The van der Waals surface area contributed by atoms with Crippen LogP contribution in [0.25, 0.3) is 0 Å². The number of amides is 1. The molecule has 0 radical (unpaired) electrons. The number of aromatic nitrogens is 2. The van der Waals surface area contributed by atoms with Gasteiger partial charge in [-0.1, -0.05) is 0 Å². The topological polar surface area (TPSA) is 99.1 Å². The smallest absolute Gasteiger partial charge is 0.331 e. The van der Waals surface area contributed by atoms with Crippen LogP contribution in [0.3, 0.4) is 0 Å².